The molecule has 0 aliphatic rings. The quantitative estimate of drug-likeness (QED) is 0.537. The maximum atomic E-state index is 11.2. The van der Waals surface area contributed by atoms with Gasteiger partial charge in [0.2, 0.25) is 0 Å². The number of rotatable bonds is 4. The van der Waals surface area contributed by atoms with Gasteiger partial charge in [0.05, 0.1) is 17.7 Å². The molecule has 2 aromatic heterocycles. The Labute approximate surface area is 140 Å². The number of aromatic hydroxyl groups is 1. The number of nitrogens with two attached hydrogens (primary N) is 1. The molecule has 0 atom stereocenters. The van der Waals surface area contributed by atoms with Crippen molar-refractivity contribution < 1.29 is 24.9 Å². The number of carbonyl (C=O) groups is 2. The van der Waals surface area contributed by atoms with Crippen molar-refractivity contribution >= 4 is 28.9 Å². The van der Waals surface area contributed by atoms with Gasteiger partial charge in [-0.3, -0.25) is 4.57 Å². The molecule has 25 heavy (non-hydrogen) atoms. The molecule has 0 amide bonds. The molecule has 0 saturated heterocycles. The Morgan fingerprint density at radius 1 is 1.08 bits per heavy atom. The van der Waals surface area contributed by atoms with E-state index in [1.54, 1.807) is 6.92 Å². The SMILES string of the molecule is Cc1nc(N)c2nc(O)n(Cc3cc(C(=O)O)cc(C(=O)O)c3)c2n1. The minimum Gasteiger partial charge on any atom is -0.480 e. The van der Waals surface area contributed by atoms with E-state index in [9.17, 15) is 14.7 Å². The lowest BCUT2D eigenvalue weighted by molar-refractivity contribution is 0.0696. The standard InChI is InChI=1S/C15H13N5O5/c1-6-17-11(16)10-12(18-6)20(15(25)19-10)5-7-2-8(13(21)22)4-9(3-7)14(23)24/h2-4H,5H2,1H3,(H,19,25)(H,21,22)(H,23,24)(H2,16,17,18). The van der Waals surface area contributed by atoms with Crippen molar-refractivity contribution in [2.24, 2.45) is 0 Å². The van der Waals surface area contributed by atoms with Crippen molar-refractivity contribution in [3.63, 3.8) is 0 Å². The van der Waals surface area contributed by atoms with Crippen molar-refractivity contribution in [3.8, 4) is 6.01 Å². The van der Waals surface area contributed by atoms with E-state index in [0.717, 1.165) is 6.07 Å². The zero-order chi connectivity index (χ0) is 18.3. The smallest absolute Gasteiger partial charge is 0.335 e. The van der Waals surface area contributed by atoms with Gasteiger partial charge in [0.25, 0.3) is 6.01 Å². The van der Waals surface area contributed by atoms with Crippen LogP contribution in [0.25, 0.3) is 11.2 Å². The number of nitrogen functional groups attached to an aromatic ring is 1. The van der Waals surface area contributed by atoms with Crippen LogP contribution in [0.15, 0.2) is 18.2 Å². The summed E-state index contributed by atoms with van der Waals surface area (Å²) in [6.07, 6.45) is 0. The molecule has 5 N–H and O–H groups in total. The Balaban J connectivity index is 2.14. The van der Waals surface area contributed by atoms with Gasteiger partial charge in [0.15, 0.2) is 17.0 Å². The fourth-order valence-electron chi connectivity index (χ4n) is 2.48. The number of carboxylic acid groups (broad SMARTS) is 2. The number of imidazole rings is 1. The normalized spacial score (nSPS) is 10.9. The van der Waals surface area contributed by atoms with Crippen LogP contribution in [-0.2, 0) is 6.54 Å². The van der Waals surface area contributed by atoms with Gasteiger partial charge in [0.1, 0.15) is 5.82 Å². The number of aryl methyl sites for hydroxylation is 1. The van der Waals surface area contributed by atoms with Gasteiger partial charge < -0.3 is 21.1 Å². The van der Waals surface area contributed by atoms with Gasteiger partial charge in [0, 0.05) is 0 Å². The van der Waals surface area contributed by atoms with Crippen molar-refractivity contribution in [2.75, 3.05) is 5.73 Å². The molecule has 10 heteroatoms. The number of benzene rings is 1. The maximum Gasteiger partial charge on any atom is 0.335 e. The van der Waals surface area contributed by atoms with E-state index in [1.807, 2.05) is 0 Å². The minimum atomic E-state index is -1.26. The molecule has 10 nitrogen and oxygen atoms in total. The molecule has 128 valence electrons. The summed E-state index contributed by atoms with van der Waals surface area (Å²) in [6.45, 7) is 1.58. The number of hydrogen-bond acceptors (Lipinski definition) is 7. The Hall–Kier alpha value is -3.69. The second-order valence-electron chi connectivity index (χ2n) is 5.36. The van der Waals surface area contributed by atoms with Gasteiger partial charge in [-0.05, 0) is 30.7 Å². The molecule has 0 aliphatic carbocycles. The molecule has 1 aromatic carbocycles. The lowest BCUT2D eigenvalue weighted by atomic mass is 10.1. The molecule has 0 unspecified atom stereocenters. The maximum absolute atomic E-state index is 11.2. The van der Waals surface area contributed by atoms with Crippen LogP contribution in [0, 0.1) is 6.92 Å². The Bertz CT molecular complexity index is 995. The summed E-state index contributed by atoms with van der Waals surface area (Å²) in [6, 6.07) is 3.30. The number of aromatic nitrogens is 4. The van der Waals surface area contributed by atoms with E-state index >= 15 is 0 Å². The summed E-state index contributed by atoms with van der Waals surface area (Å²) in [5.41, 5.74) is 6.23. The van der Waals surface area contributed by atoms with Gasteiger partial charge in [-0.25, -0.2) is 19.6 Å². The summed E-state index contributed by atoms with van der Waals surface area (Å²) in [7, 11) is 0. The second-order valence-corrected chi connectivity index (χ2v) is 5.36. The minimum absolute atomic E-state index is 0.0420. The Morgan fingerprint density at radius 3 is 2.24 bits per heavy atom. The third-order valence-electron chi connectivity index (χ3n) is 3.54. The third kappa shape index (κ3) is 2.92. The van der Waals surface area contributed by atoms with Crippen molar-refractivity contribution in [3.05, 3.63) is 40.7 Å². The molecule has 0 aliphatic heterocycles. The largest absolute Gasteiger partial charge is 0.480 e. The van der Waals surface area contributed by atoms with Crippen molar-refractivity contribution in [1.29, 1.82) is 0 Å². The molecular weight excluding hydrogens is 330 g/mol. The molecule has 0 saturated carbocycles. The van der Waals surface area contributed by atoms with E-state index in [-0.39, 0.29) is 40.7 Å². The van der Waals surface area contributed by atoms with Crippen LogP contribution in [0.5, 0.6) is 6.01 Å². The molecule has 3 aromatic rings. The number of fused-ring (bicyclic) bond motifs is 1. The molecule has 0 spiro atoms. The lowest BCUT2D eigenvalue weighted by Gasteiger charge is -2.08. The first-order valence-electron chi connectivity index (χ1n) is 7.06. The fraction of sp³-hybridized carbons (Fsp3) is 0.133. The summed E-state index contributed by atoms with van der Waals surface area (Å²) in [4.78, 5) is 34.4. The van der Waals surface area contributed by atoms with Gasteiger partial charge in [-0.15, -0.1) is 0 Å². The number of carboxylic acids is 2. The highest BCUT2D eigenvalue weighted by atomic mass is 16.4. The van der Waals surface area contributed by atoms with Gasteiger partial charge >= 0.3 is 11.9 Å². The summed E-state index contributed by atoms with van der Waals surface area (Å²) in [5.74, 6) is -2.04. The first-order valence-corrected chi connectivity index (χ1v) is 7.06. The first-order chi connectivity index (χ1) is 11.8. The average Bonchev–Trinajstić information content (AvgIpc) is 2.84. The number of aromatic carboxylic acids is 2. The molecule has 0 radical (unpaired) electrons. The zero-order valence-corrected chi connectivity index (χ0v) is 13.0. The second kappa shape index (κ2) is 5.74. The van der Waals surface area contributed by atoms with E-state index in [4.69, 9.17) is 15.9 Å². The predicted molar refractivity (Wildman–Crippen MR) is 85.6 cm³/mol. The summed E-state index contributed by atoms with van der Waals surface area (Å²) in [5, 5.41) is 28.3. The van der Waals surface area contributed by atoms with E-state index < -0.39 is 11.9 Å². The highest BCUT2D eigenvalue weighted by Crippen LogP contribution is 2.24. The number of anilines is 1. The molecule has 0 fully saturated rings. The van der Waals surface area contributed by atoms with Crippen LogP contribution in [0.1, 0.15) is 32.1 Å². The molecular formula is C15H13N5O5. The summed E-state index contributed by atoms with van der Waals surface area (Å²) < 4.78 is 1.30. The summed E-state index contributed by atoms with van der Waals surface area (Å²) >= 11 is 0. The van der Waals surface area contributed by atoms with Crippen LogP contribution in [-0.4, -0.2) is 46.8 Å². The van der Waals surface area contributed by atoms with Crippen LogP contribution >= 0.6 is 0 Å². The van der Waals surface area contributed by atoms with Crippen LogP contribution < -0.4 is 5.73 Å². The monoisotopic (exact) mass is 343 g/mol. The molecule has 2 heterocycles. The Morgan fingerprint density at radius 2 is 1.68 bits per heavy atom. The van der Waals surface area contributed by atoms with E-state index in [0.29, 0.717) is 11.4 Å². The number of nitrogens with zero attached hydrogens (tertiary/aromatic N) is 4. The highest BCUT2D eigenvalue weighted by molar-refractivity contribution is 5.94. The average molecular weight is 343 g/mol. The van der Waals surface area contributed by atoms with E-state index in [2.05, 4.69) is 15.0 Å². The van der Waals surface area contributed by atoms with Crippen LogP contribution in [0.3, 0.4) is 0 Å². The predicted octanol–water partition coefficient (Wildman–Crippen LogP) is 0.867. The van der Waals surface area contributed by atoms with E-state index in [1.165, 1.54) is 16.7 Å². The topological polar surface area (TPSA) is 164 Å². The Kier molecular flexibility index (Phi) is 3.72. The van der Waals surface area contributed by atoms with Crippen molar-refractivity contribution in [1.82, 2.24) is 19.5 Å². The zero-order valence-electron chi connectivity index (χ0n) is 13.0. The molecule has 0 bridgehead atoms. The fourth-order valence-corrected chi connectivity index (χ4v) is 2.48. The third-order valence-corrected chi connectivity index (χ3v) is 3.54. The van der Waals surface area contributed by atoms with Gasteiger partial charge in [-0.1, -0.05) is 0 Å². The van der Waals surface area contributed by atoms with Crippen LogP contribution in [0.4, 0.5) is 5.82 Å². The first kappa shape index (κ1) is 16.2. The number of hydrogen-bond donors (Lipinski definition) is 4. The molecule has 3 rings (SSSR count). The highest BCUT2D eigenvalue weighted by Gasteiger charge is 2.17. The lowest BCUT2D eigenvalue weighted by Crippen LogP contribution is -2.07. The van der Waals surface area contributed by atoms with Crippen LogP contribution in [0.2, 0.25) is 0 Å². The van der Waals surface area contributed by atoms with Gasteiger partial charge in [-0.2, -0.15) is 4.98 Å². The van der Waals surface area contributed by atoms with Crippen molar-refractivity contribution in [2.45, 2.75) is 13.5 Å².